The van der Waals surface area contributed by atoms with E-state index in [4.69, 9.17) is 4.74 Å². The lowest BCUT2D eigenvalue weighted by Gasteiger charge is -2.13. The molecule has 0 radical (unpaired) electrons. The van der Waals surface area contributed by atoms with Crippen molar-refractivity contribution in [3.63, 3.8) is 0 Å². The highest BCUT2D eigenvalue weighted by Crippen LogP contribution is 2.15. The fourth-order valence-corrected chi connectivity index (χ4v) is 2.74. The molecule has 0 bridgehead atoms. The molecule has 142 valence electrons. The summed E-state index contributed by atoms with van der Waals surface area (Å²) >= 11 is 0. The van der Waals surface area contributed by atoms with E-state index < -0.39 is 0 Å². The van der Waals surface area contributed by atoms with Crippen LogP contribution in [-0.4, -0.2) is 42.5 Å². The highest BCUT2D eigenvalue weighted by Gasteiger charge is 2.02. The number of aryl methyl sites for hydroxylation is 4. The number of para-hydroxylation sites is 1. The van der Waals surface area contributed by atoms with E-state index in [1.54, 1.807) is 7.05 Å². The molecule has 1 aromatic carbocycles. The molecule has 26 heavy (non-hydrogen) atoms. The highest BCUT2D eigenvalue weighted by atomic mass is 16.5. The van der Waals surface area contributed by atoms with Crippen molar-refractivity contribution < 1.29 is 4.74 Å². The summed E-state index contributed by atoms with van der Waals surface area (Å²) in [5.41, 5.74) is 3.44. The van der Waals surface area contributed by atoms with Crippen molar-refractivity contribution >= 4 is 5.96 Å². The number of nitrogens with zero attached hydrogens (tertiary/aromatic N) is 3. The van der Waals surface area contributed by atoms with Gasteiger partial charge >= 0.3 is 0 Å². The van der Waals surface area contributed by atoms with Gasteiger partial charge in [-0.2, -0.15) is 5.10 Å². The first-order chi connectivity index (χ1) is 12.6. The number of ether oxygens (including phenoxy) is 1. The molecule has 0 aliphatic carbocycles. The molecule has 0 spiro atoms. The van der Waals surface area contributed by atoms with Gasteiger partial charge in [-0.1, -0.05) is 18.2 Å². The Balaban J connectivity index is 1.57. The van der Waals surface area contributed by atoms with Gasteiger partial charge in [-0.15, -0.1) is 0 Å². The largest absolute Gasteiger partial charge is 0.493 e. The topological polar surface area (TPSA) is 63.5 Å². The summed E-state index contributed by atoms with van der Waals surface area (Å²) < 4.78 is 7.85. The Labute approximate surface area is 156 Å². The van der Waals surface area contributed by atoms with Gasteiger partial charge in [-0.05, 0) is 51.3 Å². The number of hydrogen-bond donors (Lipinski definition) is 2. The van der Waals surface area contributed by atoms with Crippen molar-refractivity contribution in [3.05, 3.63) is 47.3 Å². The SMILES string of the molecule is CN=C(NCCCOc1ccccc1C)NCCCn1nc(C)cc1C. The Morgan fingerprint density at radius 2 is 1.85 bits per heavy atom. The Bertz CT molecular complexity index is 708. The summed E-state index contributed by atoms with van der Waals surface area (Å²) in [7, 11) is 1.79. The molecular formula is C20H31N5O. The zero-order valence-corrected chi connectivity index (χ0v) is 16.4. The Morgan fingerprint density at radius 1 is 1.12 bits per heavy atom. The smallest absolute Gasteiger partial charge is 0.190 e. The Hall–Kier alpha value is -2.50. The average Bonchev–Trinajstić information content (AvgIpc) is 2.95. The summed E-state index contributed by atoms with van der Waals surface area (Å²) in [5, 5.41) is 11.1. The monoisotopic (exact) mass is 357 g/mol. The Morgan fingerprint density at radius 3 is 2.50 bits per heavy atom. The van der Waals surface area contributed by atoms with E-state index in [9.17, 15) is 0 Å². The summed E-state index contributed by atoms with van der Waals surface area (Å²) in [5.74, 6) is 1.79. The number of guanidine groups is 1. The standard InChI is InChI=1S/C20H31N5O/c1-16-9-5-6-10-19(16)26-14-8-12-23-20(21-4)22-11-7-13-25-18(3)15-17(2)24-25/h5-6,9-10,15H,7-8,11-14H2,1-4H3,(H2,21,22,23). The quantitative estimate of drug-likeness (QED) is 0.411. The first-order valence-corrected chi connectivity index (χ1v) is 9.24. The van der Waals surface area contributed by atoms with Crippen LogP contribution in [0.25, 0.3) is 0 Å². The molecule has 0 aliphatic heterocycles. The third kappa shape index (κ3) is 6.43. The van der Waals surface area contributed by atoms with Gasteiger partial charge in [0.05, 0.1) is 12.3 Å². The number of nitrogens with one attached hydrogen (secondary N) is 2. The van der Waals surface area contributed by atoms with Gasteiger partial charge in [0.15, 0.2) is 5.96 Å². The van der Waals surface area contributed by atoms with Gasteiger partial charge in [-0.25, -0.2) is 0 Å². The third-order valence-corrected chi connectivity index (χ3v) is 4.13. The molecule has 0 unspecified atom stereocenters. The molecule has 0 aliphatic rings. The van der Waals surface area contributed by atoms with Crippen LogP contribution >= 0.6 is 0 Å². The van der Waals surface area contributed by atoms with E-state index in [0.717, 1.165) is 49.9 Å². The number of rotatable bonds is 9. The molecule has 0 saturated carbocycles. The normalized spacial score (nSPS) is 11.5. The maximum Gasteiger partial charge on any atom is 0.190 e. The van der Waals surface area contributed by atoms with Crippen LogP contribution in [0, 0.1) is 20.8 Å². The van der Waals surface area contributed by atoms with Gasteiger partial charge in [-0.3, -0.25) is 9.67 Å². The van der Waals surface area contributed by atoms with Crippen LogP contribution in [0.3, 0.4) is 0 Å². The van der Waals surface area contributed by atoms with Crippen LogP contribution in [0.1, 0.15) is 29.8 Å². The highest BCUT2D eigenvalue weighted by molar-refractivity contribution is 5.79. The van der Waals surface area contributed by atoms with Gasteiger partial charge < -0.3 is 15.4 Å². The minimum absolute atomic E-state index is 0.687. The van der Waals surface area contributed by atoms with Crippen molar-refractivity contribution in [2.24, 2.45) is 4.99 Å². The summed E-state index contributed by atoms with van der Waals surface area (Å²) in [6, 6.07) is 10.2. The minimum Gasteiger partial charge on any atom is -0.493 e. The molecule has 0 atom stereocenters. The fourth-order valence-electron chi connectivity index (χ4n) is 2.74. The third-order valence-electron chi connectivity index (χ3n) is 4.13. The van der Waals surface area contributed by atoms with Crippen molar-refractivity contribution in [2.45, 2.75) is 40.2 Å². The van der Waals surface area contributed by atoms with Gasteiger partial charge in [0, 0.05) is 32.4 Å². The van der Waals surface area contributed by atoms with Crippen LogP contribution in [0.15, 0.2) is 35.3 Å². The van der Waals surface area contributed by atoms with E-state index in [1.165, 1.54) is 11.3 Å². The second kappa shape index (κ2) is 10.5. The van der Waals surface area contributed by atoms with Gasteiger partial charge in [0.25, 0.3) is 0 Å². The van der Waals surface area contributed by atoms with Gasteiger partial charge in [0.1, 0.15) is 5.75 Å². The molecule has 2 aromatic rings. The van der Waals surface area contributed by atoms with Crippen molar-refractivity contribution in [1.29, 1.82) is 0 Å². The lowest BCUT2D eigenvalue weighted by atomic mass is 10.2. The zero-order chi connectivity index (χ0) is 18.8. The van der Waals surface area contributed by atoms with Gasteiger partial charge in [0.2, 0.25) is 0 Å². The fraction of sp³-hybridized carbons (Fsp3) is 0.500. The van der Waals surface area contributed by atoms with Crippen molar-refractivity contribution in [1.82, 2.24) is 20.4 Å². The first-order valence-electron chi connectivity index (χ1n) is 9.24. The van der Waals surface area contributed by atoms with Crippen LogP contribution in [0.2, 0.25) is 0 Å². The summed E-state index contributed by atoms with van der Waals surface area (Å²) in [6.07, 6.45) is 1.92. The predicted octanol–water partition coefficient (Wildman–Crippen LogP) is 2.83. The maximum atomic E-state index is 5.80. The summed E-state index contributed by atoms with van der Waals surface area (Å²) in [4.78, 5) is 4.26. The van der Waals surface area contributed by atoms with E-state index in [-0.39, 0.29) is 0 Å². The van der Waals surface area contributed by atoms with Crippen molar-refractivity contribution in [3.8, 4) is 5.75 Å². The van der Waals surface area contributed by atoms with E-state index in [2.05, 4.69) is 51.4 Å². The molecule has 2 rings (SSSR count). The number of benzene rings is 1. The Kier molecular flexibility index (Phi) is 7.99. The molecular weight excluding hydrogens is 326 g/mol. The molecule has 2 N–H and O–H groups in total. The number of aromatic nitrogens is 2. The molecule has 1 aromatic heterocycles. The number of aliphatic imine (C=N–C) groups is 1. The van der Waals surface area contributed by atoms with Crippen molar-refractivity contribution in [2.75, 3.05) is 26.7 Å². The first kappa shape index (κ1) is 19.8. The van der Waals surface area contributed by atoms with E-state index >= 15 is 0 Å². The molecule has 0 amide bonds. The molecule has 0 fully saturated rings. The molecule has 0 saturated heterocycles. The van der Waals surface area contributed by atoms with Crippen LogP contribution < -0.4 is 15.4 Å². The molecule has 6 nitrogen and oxygen atoms in total. The van der Waals surface area contributed by atoms with Crippen LogP contribution in [0.4, 0.5) is 0 Å². The predicted molar refractivity (Wildman–Crippen MR) is 107 cm³/mol. The minimum atomic E-state index is 0.687. The van der Waals surface area contributed by atoms with Crippen LogP contribution in [0.5, 0.6) is 5.75 Å². The van der Waals surface area contributed by atoms with E-state index in [1.807, 2.05) is 25.1 Å². The molecule has 6 heteroatoms. The second-order valence-corrected chi connectivity index (χ2v) is 6.40. The lowest BCUT2D eigenvalue weighted by molar-refractivity contribution is 0.309. The molecule has 1 heterocycles. The number of hydrogen-bond acceptors (Lipinski definition) is 3. The maximum absolute atomic E-state index is 5.80. The van der Waals surface area contributed by atoms with Crippen LogP contribution in [-0.2, 0) is 6.54 Å². The summed E-state index contributed by atoms with van der Waals surface area (Å²) in [6.45, 7) is 9.45. The zero-order valence-electron chi connectivity index (χ0n) is 16.4. The lowest BCUT2D eigenvalue weighted by Crippen LogP contribution is -2.38. The average molecular weight is 358 g/mol. The second-order valence-electron chi connectivity index (χ2n) is 6.40. The van der Waals surface area contributed by atoms with E-state index in [0.29, 0.717) is 6.61 Å².